The summed E-state index contributed by atoms with van der Waals surface area (Å²) in [6.07, 6.45) is 1.70. The summed E-state index contributed by atoms with van der Waals surface area (Å²) in [7, 11) is 0. The van der Waals surface area contributed by atoms with E-state index in [9.17, 15) is 4.79 Å². The Bertz CT molecular complexity index is 207. The molecule has 1 aliphatic rings. The smallest absolute Gasteiger partial charge is 0.223 e. The Balaban J connectivity index is 2.09. The first-order valence-corrected chi connectivity index (χ1v) is 7.09. The van der Waals surface area contributed by atoms with Gasteiger partial charge in [-0.1, -0.05) is 6.92 Å². The molecular weight excluding hydrogens is 222 g/mol. The Labute approximate surface area is 102 Å². The molecule has 0 bridgehead atoms. The molecule has 16 heavy (non-hydrogen) atoms. The minimum absolute atomic E-state index is 0.300. The van der Waals surface area contributed by atoms with E-state index < -0.39 is 0 Å². The van der Waals surface area contributed by atoms with Crippen molar-refractivity contribution >= 4 is 17.7 Å². The number of nitrogens with zero attached hydrogens (tertiary/aromatic N) is 1. The molecule has 0 radical (unpaired) electrons. The van der Waals surface area contributed by atoms with Gasteiger partial charge in [0.15, 0.2) is 0 Å². The van der Waals surface area contributed by atoms with Gasteiger partial charge in [0.1, 0.15) is 0 Å². The molecule has 1 atom stereocenters. The molecule has 5 heteroatoms. The fraction of sp³-hybridized carbons (Fsp3) is 0.909. The average molecular weight is 245 g/mol. The molecule has 0 saturated carbocycles. The van der Waals surface area contributed by atoms with E-state index in [4.69, 9.17) is 5.73 Å². The third-order valence-electron chi connectivity index (χ3n) is 2.76. The number of carbonyl (C=O) groups excluding carboxylic acids is 1. The molecule has 1 amide bonds. The quantitative estimate of drug-likeness (QED) is 0.706. The maximum Gasteiger partial charge on any atom is 0.223 e. The van der Waals surface area contributed by atoms with Crippen LogP contribution in [0.5, 0.6) is 0 Å². The number of hydrogen-bond acceptors (Lipinski definition) is 4. The van der Waals surface area contributed by atoms with E-state index in [-0.39, 0.29) is 0 Å². The molecule has 1 aliphatic heterocycles. The van der Waals surface area contributed by atoms with Crippen molar-refractivity contribution in [2.75, 3.05) is 38.5 Å². The van der Waals surface area contributed by atoms with Gasteiger partial charge in [-0.15, -0.1) is 0 Å². The van der Waals surface area contributed by atoms with Crippen molar-refractivity contribution in [1.82, 2.24) is 10.2 Å². The van der Waals surface area contributed by atoms with E-state index >= 15 is 0 Å². The molecule has 4 nitrogen and oxygen atoms in total. The lowest BCUT2D eigenvalue weighted by Crippen LogP contribution is -2.46. The molecule has 1 rings (SSSR count). The van der Waals surface area contributed by atoms with Gasteiger partial charge in [0, 0.05) is 43.6 Å². The van der Waals surface area contributed by atoms with Gasteiger partial charge >= 0.3 is 0 Å². The normalized spacial score (nSPS) is 18.5. The minimum Gasteiger partial charge on any atom is -0.340 e. The Kier molecular flexibility index (Phi) is 6.84. The molecular formula is C11H23N3OS. The topological polar surface area (TPSA) is 58.4 Å². The third-order valence-corrected chi connectivity index (χ3v) is 4.01. The summed E-state index contributed by atoms with van der Waals surface area (Å²) >= 11 is 1.85. The summed E-state index contributed by atoms with van der Waals surface area (Å²) in [6.45, 7) is 6.50. The third kappa shape index (κ3) is 5.18. The summed E-state index contributed by atoms with van der Waals surface area (Å²) in [4.78, 5) is 13.8. The number of carbonyl (C=O) groups is 1. The molecule has 0 aromatic carbocycles. The first-order valence-electron chi connectivity index (χ1n) is 6.04. The van der Waals surface area contributed by atoms with Crippen LogP contribution in [0.15, 0.2) is 0 Å². The first kappa shape index (κ1) is 13.8. The molecule has 3 N–H and O–H groups in total. The zero-order chi connectivity index (χ0) is 11.8. The molecule has 1 heterocycles. The molecule has 94 valence electrons. The zero-order valence-corrected chi connectivity index (χ0v) is 10.9. The highest BCUT2D eigenvalue weighted by atomic mass is 32.2. The van der Waals surface area contributed by atoms with Gasteiger partial charge in [0.05, 0.1) is 0 Å². The van der Waals surface area contributed by atoms with Crippen LogP contribution in [0.2, 0.25) is 0 Å². The second-order valence-electron chi connectivity index (χ2n) is 4.14. The van der Waals surface area contributed by atoms with Crippen LogP contribution >= 0.6 is 11.8 Å². The number of nitrogens with one attached hydrogen (secondary N) is 1. The number of rotatable bonds is 6. The predicted molar refractivity (Wildman–Crippen MR) is 69.7 cm³/mol. The minimum atomic E-state index is 0.300. The van der Waals surface area contributed by atoms with E-state index in [2.05, 4.69) is 12.2 Å². The second-order valence-corrected chi connectivity index (χ2v) is 5.69. The number of amides is 1. The summed E-state index contributed by atoms with van der Waals surface area (Å²) in [5.41, 5.74) is 5.48. The van der Waals surface area contributed by atoms with Crippen LogP contribution in [0.1, 0.15) is 19.8 Å². The SMILES string of the molecule is CC(CCN)SCCC(=O)N1CCNCC1. The fourth-order valence-corrected chi connectivity index (χ4v) is 2.74. The van der Waals surface area contributed by atoms with Gasteiger partial charge in [-0.2, -0.15) is 11.8 Å². The van der Waals surface area contributed by atoms with E-state index in [1.165, 1.54) is 0 Å². The molecule has 1 saturated heterocycles. The van der Waals surface area contributed by atoms with Crippen LogP contribution in [0.4, 0.5) is 0 Å². The van der Waals surface area contributed by atoms with E-state index in [1.807, 2.05) is 16.7 Å². The Morgan fingerprint density at radius 1 is 1.50 bits per heavy atom. The highest BCUT2D eigenvalue weighted by molar-refractivity contribution is 7.99. The number of thioether (sulfide) groups is 1. The zero-order valence-electron chi connectivity index (χ0n) is 10.1. The predicted octanol–water partition coefficient (Wildman–Crippen LogP) is 0.279. The molecule has 0 aromatic rings. The summed E-state index contributed by atoms with van der Waals surface area (Å²) < 4.78 is 0. The lowest BCUT2D eigenvalue weighted by molar-refractivity contribution is -0.131. The summed E-state index contributed by atoms with van der Waals surface area (Å²) in [5.74, 6) is 1.22. The maximum absolute atomic E-state index is 11.8. The summed E-state index contributed by atoms with van der Waals surface area (Å²) in [5, 5.41) is 3.82. The summed E-state index contributed by atoms with van der Waals surface area (Å²) in [6, 6.07) is 0. The van der Waals surface area contributed by atoms with Crippen molar-refractivity contribution in [2.24, 2.45) is 5.73 Å². The molecule has 1 fully saturated rings. The molecule has 1 unspecified atom stereocenters. The first-order chi connectivity index (χ1) is 7.74. The number of nitrogens with two attached hydrogens (primary N) is 1. The van der Waals surface area contributed by atoms with Crippen LogP contribution in [0.25, 0.3) is 0 Å². The second kappa shape index (κ2) is 7.92. The van der Waals surface area contributed by atoms with Crippen molar-refractivity contribution in [3.63, 3.8) is 0 Å². The van der Waals surface area contributed by atoms with Crippen molar-refractivity contribution in [3.8, 4) is 0 Å². The lowest BCUT2D eigenvalue weighted by atomic mass is 10.3. The van der Waals surface area contributed by atoms with Gasteiger partial charge in [-0.25, -0.2) is 0 Å². The van der Waals surface area contributed by atoms with E-state index in [0.717, 1.165) is 44.9 Å². The maximum atomic E-state index is 11.8. The van der Waals surface area contributed by atoms with Crippen molar-refractivity contribution in [1.29, 1.82) is 0 Å². The van der Waals surface area contributed by atoms with Crippen molar-refractivity contribution in [2.45, 2.75) is 25.0 Å². The Hall–Kier alpha value is -0.260. The standard InChI is InChI=1S/C11H23N3OS/c1-10(2-4-12)16-9-3-11(15)14-7-5-13-6-8-14/h10,13H,2-9,12H2,1H3. The lowest BCUT2D eigenvalue weighted by Gasteiger charge is -2.27. The average Bonchev–Trinajstić information content (AvgIpc) is 2.30. The van der Waals surface area contributed by atoms with Crippen molar-refractivity contribution in [3.05, 3.63) is 0 Å². The monoisotopic (exact) mass is 245 g/mol. The highest BCUT2D eigenvalue weighted by Crippen LogP contribution is 2.14. The van der Waals surface area contributed by atoms with Gasteiger partial charge in [0.25, 0.3) is 0 Å². The highest BCUT2D eigenvalue weighted by Gasteiger charge is 2.15. The largest absolute Gasteiger partial charge is 0.340 e. The molecule has 0 spiro atoms. The van der Waals surface area contributed by atoms with Crippen LogP contribution in [0.3, 0.4) is 0 Å². The van der Waals surface area contributed by atoms with Crippen molar-refractivity contribution < 1.29 is 4.79 Å². The van der Waals surface area contributed by atoms with Crippen LogP contribution < -0.4 is 11.1 Å². The van der Waals surface area contributed by atoms with Gasteiger partial charge in [0.2, 0.25) is 5.91 Å². The van der Waals surface area contributed by atoms with Crippen LogP contribution in [-0.2, 0) is 4.79 Å². The Morgan fingerprint density at radius 2 is 2.19 bits per heavy atom. The fourth-order valence-electron chi connectivity index (χ4n) is 1.74. The van der Waals surface area contributed by atoms with Gasteiger partial charge in [-0.05, 0) is 13.0 Å². The number of hydrogen-bond donors (Lipinski definition) is 2. The van der Waals surface area contributed by atoms with E-state index in [0.29, 0.717) is 17.6 Å². The molecule has 0 aromatic heterocycles. The Morgan fingerprint density at radius 3 is 2.81 bits per heavy atom. The van der Waals surface area contributed by atoms with Crippen LogP contribution in [0, 0.1) is 0 Å². The number of piperazine rings is 1. The van der Waals surface area contributed by atoms with Crippen LogP contribution in [-0.4, -0.2) is 54.5 Å². The van der Waals surface area contributed by atoms with Gasteiger partial charge < -0.3 is 16.0 Å². The van der Waals surface area contributed by atoms with Gasteiger partial charge in [-0.3, -0.25) is 4.79 Å². The molecule has 0 aliphatic carbocycles. The van der Waals surface area contributed by atoms with E-state index in [1.54, 1.807) is 0 Å².